The fourth-order valence-electron chi connectivity index (χ4n) is 3.76. The monoisotopic (exact) mass is 398 g/mol. The van der Waals surface area contributed by atoms with Crippen molar-refractivity contribution >= 4 is 22.5 Å². The van der Waals surface area contributed by atoms with E-state index in [2.05, 4.69) is 19.9 Å². The summed E-state index contributed by atoms with van der Waals surface area (Å²) < 4.78 is 19.8. The highest BCUT2D eigenvalue weighted by Crippen LogP contribution is 2.38. The van der Waals surface area contributed by atoms with Crippen LogP contribution in [-0.4, -0.2) is 45.1 Å². The van der Waals surface area contributed by atoms with E-state index in [9.17, 15) is 9.18 Å². The number of fused-ring (bicyclic) bond motifs is 2. The molecule has 0 radical (unpaired) electrons. The lowest BCUT2D eigenvalue weighted by molar-refractivity contribution is 0.107. The SMILES string of the molecule is CC.CC.O=c1[nH]c(OCC23CCCN2CCC3)nc2c(F)c(Cl)ncc12. The number of H-pyrrole nitrogens is 1. The van der Waals surface area contributed by atoms with Crippen molar-refractivity contribution in [3.05, 3.63) is 27.5 Å². The lowest BCUT2D eigenvalue weighted by Gasteiger charge is -2.31. The molecule has 6 nitrogen and oxygen atoms in total. The van der Waals surface area contributed by atoms with E-state index in [0.29, 0.717) is 6.61 Å². The zero-order valence-corrected chi connectivity index (χ0v) is 17.2. The Labute approximate surface area is 164 Å². The lowest BCUT2D eigenvalue weighted by atomic mass is 9.95. The van der Waals surface area contributed by atoms with E-state index in [1.54, 1.807) is 0 Å². The van der Waals surface area contributed by atoms with Gasteiger partial charge >= 0.3 is 0 Å². The minimum absolute atomic E-state index is 0.0248. The molecule has 150 valence electrons. The number of nitrogens with one attached hydrogen (secondary N) is 1. The Morgan fingerprint density at radius 1 is 1.26 bits per heavy atom. The molecule has 0 saturated carbocycles. The summed E-state index contributed by atoms with van der Waals surface area (Å²) in [6.45, 7) is 10.6. The van der Waals surface area contributed by atoms with Gasteiger partial charge in [-0.2, -0.15) is 4.98 Å². The van der Waals surface area contributed by atoms with Crippen LogP contribution in [-0.2, 0) is 0 Å². The molecule has 0 aliphatic carbocycles. The molecule has 0 atom stereocenters. The van der Waals surface area contributed by atoms with Gasteiger partial charge in [-0.05, 0) is 38.8 Å². The Balaban J connectivity index is 0.000000614. The second kappa shape index (κ2) is 9.46. The highest BCUT2D eigenvalue weighted by molar-refractivity contribution is 6.30. The summed E-state index contributed by atoms with van der Waals surface area (Å²) in [7, 11) is 0. The zero-order chi connectivity index (χ0) is 20.0. The van der Waals surface area contributed by atoms with Crippen LogP contribution < -0.4 is 10.3 Å². The standard InChI is InChI=1S/C15H16ClFN4O2.2C2H6/c16-12-10(17)11-9(7-18-12)13(22)20-14(19-11)23-8-15-3-1-5-21(15)6-2-4-15;2*1-2/h7H,1-6,8H2,(H,19,20,22);2*1-2H3. The van der Waals surface area contributed by atoms with E-state index >= 15 is 0 Å². The smallest absolute Gasteiger partial charge is 0.297 e. The molecule has 0 unspecified atom stereocenters. The molecular weight excluding hydrogens is 371 g/mol. The number of hydrogen-bond donors (Lipinski definition) is 1. The summed E-state index contributed by atoms with van der Waals surface area (Å²) in [6.07, 6.45) is 5.68. The summed E-state index contributed by atoms with van der Waals surface area (Å²) in [6, 6.07) is 0.0248. The van der Waals surface area contributed by atoms with E-state index < -0.39 is 11.4 Å². The van der Waals surface area contributed by atoms with Gasteiger partial charge in [-0.3, -0.25) is 14.7 Å². The maximum Gasteiger partial charge on any atom is 0.297 e. The molecule has 2 fully saturated rings. The molecule has 1 N–H and O–H groups in total. The predicted octanol–water partition coefficient (Wildman–Crippen LogP) is 4.17. The number of aromatic nitrogens is 3. The number of nitrogens with zero attached hydrogens (tertiary/aromatic N) is 3. The Kier molecular flexibility index (Phi) is 7.56. The summed E-state index contributed by atoms with van der Waals surface area (Å²) >= 11 is 5.66. The number of hydrogen-bond acceptors (Lipinski definition) is 5. The summed E-state index contributed by atoms with van der Waals surface area (Å²) in [5.74, 6) is -0.804. The molecule has 8 heteroatoms. The van der Waals surface area contributed by atoms with Gasteiger partial charge in [0.25, 0.3) is 11.6 Å². The Morgan fingerprint density at radius 3 is 2.52 bits per heavy atom. The number of rotatable bonds is 3. The van der Waals surface area contributed by atoms with Gasteiger partial charge in [0, 0.05) is 6.20 Å². The largest absolute Gasteiger partial charge is 0.463 e. The van der Waals surface area contributed by atoms with E-state index in [4.69, 9.17) is 16.3 Å². The van der Waals surface area contributed by atoms with Gasteiger partial charge in [-0.1, -0.05) is 39.3 Å². The van der Waals surface area contributed by atoms with Crippen molar-refractivity contribution in [2.75, 3.05) is 19.7 Å². The first-order valence-electron chi connectivity index (χ1n) is 9.71. The number of pyridine rings is 1. The molecule has 0 aromatic carbocycles. The van der Waals surface area contributed by atoms with Gasteiger partial charge in [0.2, 0.25) is 0 Å². The van der Waals surface area contributed by atoms with Crippen LogP contribution in [0.25, 0.3) is 10.9 Å². The van der Waals surface area contributed by atoms with Crippen molar-refractivity contribution in [1.82, 2.24) is 19.9 Å². The van der Waals surface area contributed by atoms with Crippen LogP contribution in [0.4, 0.5) is 4.39 Å². The molecular formula is C19H28ClFN4O2. The van der Waals surface area contributed by atoms with Gasteiger partial charge in [-0.25, -0.2) is 9.37 Å². The molecule has 2 aromatic heterocycles. The molecule has 2 saturated heterocycles. The fourth-order valence-corrected chi connectivity index (χ4v) is 3.89. The average Bonchev–Trinajstić information content (AvgIpc) is 3.27. The third kappa shape index (κ3) is 4.24. The third-order valence-corrected chi connectivity index (χ3v) is 5.18. The van der Waals surface area contributed by atoms with E-state index in [-0.39, 0.29) is 27.6 Å². The Hall–Kier alpha value is -1.73. The first kappa shape index (κ1) is 21.6. The van der Waals surface area contributed by atoms with Gasteiger partial charge in [0.05, 0.1) is 10.9 Å². The summed E-state index contributed by atoms with van der Waals surface area (Å²) in [4.78, 5) is 24.7. The third-order valence-electron chi connectivity index (χ3n) is 4.92. The number of halogens is 2. The molecule has 4 heterocycles. The van der Waals surface area contributed by atoms with Crippen LogP contribution in [0.1, 0.15) is 53.4 Å². The Morgan fingerprint density at radius 2 is 1.89 bits per heavy atom. The molecule has 2 aliphatic heterocycles. The second-order valence-electron chi connectivity index (χ2n) is 6.20. The second-order valence-corrected chi connectivity index (χ2v) is 6.56. The van der Waals surface area contributed by atoms with Crippen LogP contribution in [0.15, 0.2) is 11.0 Å². The van der Waals surface area contributed by atoms with Crippen molar-refractivity contribution < 1.29 is 9.13 Å². The molecule has 0 spiro atoms. The molecule has 4 rings (SSSR count). The number of ether oxygens (including phenoxy) is 1. The van der Waals surface area contributed by atoms with Gasteiger partial charge in [0.15, 0.2) is 11.0 Å². The van der Waals surface area contributed by atoms with Gasteiger partial charge < -0.3 is 4.74 Å². The maximum atomic E-state index is 14.0. The quantitative estimate of drug-likeness (QED) is 0.785. The van der Waals surface area contributed by atoms with Gasteiger partial charge in [-0.15, -0.1) is 0 Å². The highest BCUT2D eigenvalue weighted by atomic mass is 35.5. The van der Waals surface area contributed by atoms with Crippen molar-refractivity contribution in [3.8, 4) is 6.01 Å². The van der Waals surface area contributed by atoms with Crippen molar-refractivity contribution in [1.29, 1.82) is 0 Å². The van der Waals surface area contributed by atoms with Crippen LogP contribution in [0.5, 0.6) is 6.01 Å². The molecule has 2 aliphatic rings. The van der Waals surface area contributed by atoms with E-state index in [1.807, 2.05) is 27.7 Å². The van der Waals surface area contributed by atoms with Crippen LogP contribution >= 0.6 is 11.6 Å². The van der Waals surface area contributed by atoms with E-state index in [1.165, 1.54) is 6.20 Å². The lowest BCUT2D eigenvalue weighted by Crippen LogP contribution is -2.43. The van der Waals surface area contributed by atoms with E-state index in [0.717, 1.165) is 38.8 Å². The van der Waals surface area contributed by atoms with Crippen LogP contribution in [0, 0.1) is 5.82 Å². The normalized spacial score (nSPS) is 17.6. The number of aromatic amines is 1. The topological polar surface area (TPSA) is 71.1 Å². The highest BCUT2D eigenvalue weighted by Gasteiger charge is 2.44. The van der Waals surface area contributed by atoms with Crippen molar-refractivity contribution in [2.24, 2.45) is 0 Å². The first-order valence-corrected chi connectivity index (χ1v) is 10.1. The fraction of sp³-hybridized carbons (Fsp3) is 0.632. The van der Waals surface area contributed by atoms with Crippen molar-refractivity contribution in [2.45, 2.75) is 58.9 Å². The maximum absolute atomic E-state index is 14.0. The minimum atomic E-state index is -0.804. The minimum Gasteiger partial charge on any atom is -0.463 e. The summed E-state index contributed by atoms with van der Waals surface area (Å²) in [5.41, 5.74) is -0.571. The summed E-state index contributed by atoms with van der Waals surface area (Å²) in [5, 5.41) is -0.251. The van der Waals surface area contributed by atoms with Crippen LogP contribution in [0.3, 0.4) is 0 Å². The zero-order valence-electron chi connectivity index (χ0n) is 16.4. The molecule has 0 bridgehead atoms. The molecule has 27 heavy (non-hydrogen) atoms. The predicted molar refractivity (Wildman–Crippen MR) is 106 cm³/mol. The van der Waals surface area contributed by atoms with Crippen LogP contribution in [0.2, 0.25) is 5.15 Å². The van der Waals surface area contributed by atoms with Crippen molar-refractivity contribution in [3.63, 3.8) is 0 Å². The van der Waals surface area contributed by atoms with Gasteiger partial charge in [0.1, 0.15) is 12.1 Å². The molecule has 2 aromatic rings. The Bertz CT molecular complexity index is 817. The first-order chi connectivity index (χ1) is 13.1. The average molecular weight is 399 g/mol. The molecule has 0 amide bonds.